The SMILES string of the molecule is CCCCCCCCCCCCCc1n[nH]c(=S)n1-c1ccccn1. The second-order valence-corrected chi connectivity index (χ2v) is 7.14. The fourth-order valence-electron chi connectivity index (χ4n) is 3.17. The molecule has 0 amide bonds. The smallest absolute Gasteiger partial charge is 0.201 e. The highest BCUT2D eigenvalue weighted by Crippen LogP contribution is 2.14. The molecule has 0 aliphatic heterocycles. The monoisotopic (exact) mass is 360 g/mol. The van der Waals surface area contributed by atoms with Gasteiger partial charge in [0.05, 0.1) is 0 Å². The topological polar surface area (TPSA) is 46.5 Å². The minimum absolute atomic E-state index is 0.622. The predicted octanol–water partition coefficient (Wildman–Crippen LogP) is 6.18. The molecule has 2 aromatic rings. The average molecular weight is 361 g/mol. The van der Waals surface area contributed by atoms with Crippen LogP contribution in [0.3, 0.4) is 0 Å². The summed E-state index contributed by atoms with van der Waals surface area (Å²) in [6, 6.07) is 5.86. The summed E-state index contributed by atoms with van der Waals surface area (Å²) in [4.78, 5) is 4.38. The van der Waals surface area contributed by atoms with Crippen molar-refractivity contribution in [2.24, 2.45) is 0 Å². The Morgan fingerprint density at radius 2 is 1.56 bits per heavy atom. The van der Waals surface area contributed by atoms with Crippen molar-refractivity contribution in [1.29, 1.82) is 0 Å². The quantitative estimate of drug-likeness (QED) is 0.343. The summed E-state index contributed by atoms with van der Waals surface area (Å²) in [5, 5.41) is 7.28. The molecule has 0 fully saturated rings. The average Bonchev–Trinajstić information content (AvgIpc) is 3.01. The summed E-state index contributed by atoms with van der Waals surface area (Å²) in [7, 11) is 0. The molecular weight excluding hydrogens is 328 g/mol. The van der Waals surface area contributed by atoms with Crippen LogP contribution in [0.15, 0.2) is 24.4 Å². The Bertz CT molecular complexity index is 633. The molecule has 1 N–H and O–H groups in total. The fraction of sp³-hybridized carbons (Fsp3) is 0.650. The van der Waals surface area contributed by atoms with Crippen LogP contribution in [0.1, 0.15) is 83.4 Å². The van der Waals surface area contributed by atoms with Crippen LogP contribution in [0, 0.1) is 4.77 Å². The van der Waals surface area contributed by atoms with Gasteiger partial charge in [-0.1, -0.05) is 77.2 Å². The van der Waals surface area contributed by atoms with Crippen LogP contribution < -0.4 is 0 Å². The van der Waals surface area contributed by atoms with E-state index >= 15 is 0 Å². The first kappa shape index (κ1) is 19.8. The zero-order chi connectivity index (χ0) is 17.7. The minimum Gasteiger partial charge on any atom is -0.255 e. The second-order valence-electron chi connectivity index (χ2n) is 6.75. The number of hydrogen-bond acceptors (Lipinski definition) is 3. The largest absolute Gasteiger partial charge is 0.255 e. The minimum atomic E-state index is 0.622. The lowest BCUT2D eigenvalue weighted by atomic mass is 10.1. The van der Waals surface area contributed by atoms with E-state index < -0.39 is 0 Å². The molecule has 0 aliphatic rings. The van der Waals surface area contributed by atoms with Gasteiger partial charge in [-0.15, -0.1) is 0 Å². The standard InChI is InChI=1S/C20H32N4S/c1-2-3-4-5-6-7-8-9-10-11-12-16-19-22-23-20(25)24(19)18-15-13-14-17-21-18/h13-15,17H,2-12,16H2,1H3,(H,23,25). The maximum atomic E-state index is 5.35. The third kappa shape index (κ3) is 7.10. The molecule has 25 heavy (non-hydrogen) atoms. The van der Waals surface area contributed by atoms with Crippen molar-refractivity contribution in [2.45, 2.75) is 84.0 Å². The Morgan fingerprint density at radius 1 is 0.920 bits per heavy atom. The molecule has 5 heteroatoms. The Kier molecular flexibility index (Phi) is 9.49. The van der Waals surface area contributed by atoms with Crippen molar-refractivity contribution >= 4 is 12.2 Å². The van der Waals surface area contributed by atoms with Gasteiger partial charge in [0.2, 0.25) is 4.77 Å². The van der Waals surface area contributed by atoms with Crippen LogP contribution in [-0.4, -0.2) is 19.7 Å². The summed E-state index contributed by atoms with van der Waals surface area (Å²) >= 11 is 5.35. The lowest BCUT2D eigenvalue weighted by Crippen LogP contribution is -2.03. The summed E-state index contributed by atoms with van der Waals surface area (Å²) < 4.78 is 2.57. The van der Waals surface area contributed by atoms with E-state index in [4.69, 9.17) is 12.2 Å². The predicted molar refractivity (Wildman–Crippen MR) is 107 cm³/mol. The van der Waals surface area contributed by atoms with Crippen molar-refractivity contribution in [1.82, 2.24) is 19.7 Å². The van der Waals surface area contributed by atoms with E-state index in [0.717, 1.165) is 24.5 Å². The van der Waals surface area contributed by atoms with Crippen molar-refractivity contribution < 1.29 is 0 Å². The second kappa shape index (κ2) is 12.0. The van der Waals surface area contributed by atoms with E-state index in [0.29, 0.717) is 4.77 Å². The molecule has 0 aromatic carbocycles. The molecular formula is C20H32N4S. The maximum Gasteiger partial charge on any atom is 0.201 e. The highest BCUT2D eigenvalue weighted by atomic mass is 32.1. The Morgan fingerprint density at radius 3 is 2.16 bits per heavy atom. The normalized spacial score (nSPS) is 11.1. The maximum absolute atomic E-state index is 5.35. The van der Waals surface area contributed by atoms with E-state index in [9.17, 15) is 0 Å². The lowest BCUT2D eigenvalue weighted by Gasteiger charge is -2.06. The highest BCUT2D eigenvalue weighted by Gasteiger charge is 2.08. The van der Waals surface area contributed by atoms with Crippen LogP contribution in [-0.2, 0) is 6.42 Å². The number of aromatic nitrogens is 4. The number of nitrogens with zero attached hydrogens (tertiary/aromatic N) is 3. The molecule has 0 bridgehead atoms. The van der Waals surface area contributed by atoms with Gasteiger partial charge in [-0.25, -0.2) is 4.98 Å². The van der Waals surface area contributed by atoms with Gasteiger partial charge in [0.1, 0.15) is 11.6 Å². The number of aromatic amines is 1. The Balaban J connectivity index is 1.61. The number of nitrogens with one attached hydrogen (secondary N) is 1. The summed E-state index contributed by atoms with van der Waals surface area (Å²) in [5.41, 5.74) is 0. The van der Waals surface area contributed by atoms with E-state index in [1.165, 1.54) is 64.2 Å². The molecule has 0 spiro atoms. The Labute approximate surface area is 157 Å². The first-order valence-electron chi connectivity index (χ1n) is 9.90. The van der Waals surface area contributed by atoms with E-state index in [1.54, 1.807) is 6.20 Å². The molecule has 0 saturated carbocycles. The highest BCUT2D eigenvalue weighted by molar-refractivity contribution is 7.71. The van der Waals surface area contributed by atoms with Crippen LogP contribution in [0.2, 0.25) is 0 Å². The molecule has 0 radical (unpaired) electrons. The zero-order valence-corrected chi connectivity index (χ0v) is 16.4. The molecule has 2 heterocycles. The van der Waals surface area contributed by atoms with Gasteiger partial charge in [-0.2, -0.15) is 5.10 Å². The number of unbranched alkanes of at least 4 members (excludes halogenated alkanes) is 10. The first-order chi connectivity index (χ1) is 12.3. The van der Waals surface area contributed by atoms with E-state index in [1.807, 2.05) is 22.8 Å². The zero-order valence-electron chi connectivity index (χ0n) is 15.5. The Hall–Kier alpha value is -1.49. The van der Waals surface area contributed by atoms with Crippen molar-refractivity contribution in [2.75, 3.05) is 0 Å². The molecule has 2 aromatic heterocycles. The molecule has 4 nitrogen and oxygen atoms in total. The van der Waals surface area contributed by atoms with Crippen molar-refractivity contribution in [3.8, 4) is 5.82 Å². The van der Waals surface area contributed by atoms with Crippen LogP contribution >= 0.6 is 12.2 Å². The van der Waals surface area contributed by atoms with Gasteiger partial charge in [-0.3, -0.25) is 9.67 Å². The molecule has 2 rings (SSSR count). The van der Waals surface area contributed by atoms with Crippen molar-refractivity contribution in [3.05, 3.63) is 35.0 Å². The lowest BCUT2D eigenvalue weighted by molar-refractivity contribution is 0.547. The molecule has 0 atom stereocenters. The van der Waals surface area contributed by atoms with Crippen LogP contribution in [0.5, 0.6) is 0 Å². The van der Waals surface area contributed by atoms with E-state index in [-0.39, 0.29) is 0 Å². The summed E-state index contributed by atoms with van der Waals surface area (Å²) in [5.74, 6) is 1.83. The van der Waals surface area contributed by atoms with E-state index in [2.05, 4.69) is 22.1 Å². The number of aryl methyl sites for hydroxylation is 1. The number of pyridine rings is 1. The van der Waals surface area contributed by atoms with Gasteiger partial charge in [-0.05, 0) is 30.8 Å². The molecule has 138 valence electrons. The number of H-pyrrole nitrogens is 1. The summed E-state index contributed by atoms with van der Waals surface area (Å²) in [6.45, 7) is 2.27. The number of hydrogen-bond donors (Lipinski definition) is 1. The molecule has 0 saturated heterocycles. The van der Waals surface area contributed by atoms with Gasteiger partial charge in [0.15, 0.2) is 0 Å². The molecule has 0 unspecified atom stereocenters. The molecule has 0 aliphatic carbocycles. The third-order valence-electron chi connectivity index (χ3n) is 4.62. The van der Waals surface area contributed by atoms with Gasteiger partial charge in [0.25, 0.3) is 0 Å². The van der Waals surface area contributed by atoms with Crippen molar-refractivity contribution in [3.63, 3.8) is 0 Å². The van der Waals surface area contributed by atoms with Gasteiger partial charge < -0.3 is 0 Å². The summed E-state index contributed by atoms with van der Waals surface area (Å²) in [6.07, 6.45) is 17.6. The third-order valence-corrected chi connectivity index (χ3v) is 4.90. The van der Waals surface area contributed by atoms with Gasteiger partial charge >= 0.3 is 0 Å². The fourth-order valence-corrected chi connectivity index (χ4v) is 3.41. The van der Waals surface area contributed by atoms with Crippen LogP contribution in [0.4, 0.5) is 0 Å². The van der Waals surface area contributed by atoms with Crippen LogP contribution in [0.25, 0.3) is 5.82 Å². The van der Waals surface area contributed by atoms with Gasteiger partial charge in [0, 0.05) is 12.6 Å². The first-order valence-corrected chi connectivity index (χ1v) is 10.3. The number of rotatable bonds is 13.